The average molecular weight is 386 g/mol. The summed E-state index contributed by atoms with van der Waals surface area (Å²) in [4.78, 5) is 1.72. The van der Waals surface area contributed by atoms with E-state index in [1.165, 1.54) is 0 Å². The van der Waals surface area contributed by atoms with Crippen molar-refractivity contribution in [2.75, 3.05) is 26.2 Å². The molecule has 0 saturated carbocycles. The molecule has 1 heterocycles. The molecule has 2 rings (SSSR count). The van der Waals surface area contributed by atoms with Gasteiger partial charge < -0.3 is 5.32 Å². The summed E-state index contributed by atoms with van der Waals surface area (Å²) in [6, 6.07) is -0.707. The van der Waals surface area contributed by atoms with Gasteiger partial charge in [-0.15, -0.1) is 0 Å². The van der Waals surface area contributed by atoms with E-state index in [1.54, 1.807) is 4.90 Å². The Morgan fingerprint density at radius 2 is 1.65 bits per heavy atom. The Balaban J connectivity index is 2.58. The van der Waals surface area contributed by atoms with Crippen molar-refractivity contribution in [2.45, 2.75) is 44.6 Å². The lowest BCUT2D eigenvalue weighted by Crippen LogP contribution is -2.45. The Morgan fingerprint density at radius 1 is 1.04 bits per heavy atom. The van der Waals surface area contributed by atoms with Gasteiger partial charge in [0.1, 0.15) is 5.82 Å². The van der Waals surface area contributed by atoms with E-state index in [-0.39, 0.29) is 18.6 Å². The summed E-state index contributed by atoms with van der Waals surface area (Å²) < 4.78 is 93.6. The first-order valence-electron chi connectivity index (χ1n) is 8.48. The van der Waals surface area contributed by atoms with Crippen LogP contribution in [0.2, 0.25) is 0 Å². The van der Waals surface area contributed by atoms with Gasteiger partial charge in [-0.1, -0.05) is 19.8 Å². The molecule has 0 unspecified atom stereocenters. The molecule has 1 aliphatic heterocycles. The molecule has 1 aromatic rings. The zero-order chi connectivity index (χ0) is 19.5. The van der Waals surface area contributed by atoms with E-state index < -0.39 is 40.9 Å². The van der Waals surface area contributed by atoms with Crippen molar-refractivity contribution in [1.29, 1.82) is 0 Å². The summed E-state index contributed by atoms with van der Waals surface area (Å²) in [5, 5.41) is 3.06. The molecule has 1 fully saturated rings. The van der Waals surface area contributed by atoms with Crippen molar-refractivity contribution in [3.63, 3.8) is 0 Å². The van der Waals surface area contributed by atoms with Crippen LogP contribution in [0.1, 0.15) is 48.9 Å². The van der Waals surface area contributed by atoms with E-state index in [1.807, 2.05) is 6.92 Å². The second kappa shape index (κ2) is 8.12. The van der Waals surface area contributed by atoms with Gasteiger partial charge in [0.05, 0.1) is 11.1 Å². The number of piperazine rings is 1. The Morgan fingerprint density at radius 3 is 2.15 bits per heavy atom. The molecule has 2 nitrogen and oxygen atoms in total. The number of halogens is 7. The van der Waals surface area contributed by atoms with Gasteiger partial charge in [-0.3, -0.25) is 4.90 Å². The maximum absolute atomic E-state index is 14.6. The van der Waals surface area contributed by atoms with Gasteiger partial charge in [0.2, 0.25) is 0 Å². The normalized spacial score (nSPS) is 18.2. The predicted octanol–water partition coefficient (Wildman–Crippen LogP) is 5.00. The minimum atomic E-state index is -5.07. The van der Waals surface area contributed by atoms with Gasteiger partial charge in [0, 0.05) is 37.8 Å². The molecule has 0 radical (unpaired) electrons. The van der Waals surface area contributed by atoms with Gasteiger partial charge in [-0.05, 0) is 18.6 Å². The quantitative estimate of drug-likeness (QED) is 0.717. The standard InChI is InChI=1S/C17H21F7N2/c1-2-3-4-14(26-7-5-25-6-8-26)15-12(17(22,23)24)9-11(10-13(15)18)16(19,20)21/h9-10,14,25H,2-8H2,1H3/t14-/m0/s1. The first kappa shape index (κ1) is 21.0. The van der Waals surface area contributed by atoms with Crippen LogP contribution in [0, 0.1) is 5.82 Å². The number of hydrogen-bond donors (Lipinski definition) is 1. The topological polar surface area (TPSA) is 15.3 Å². The minimum absolute atomic E-state index is 0.0273. The molecule has 1 saturated heterocycles. The Labute approximate surface area is 147 Å². The molecule has 0 amide bonds. The molecular formula is C17H21F7N2. The van der Waals surface area contributed by atoms with Crippen molar-refractivity contribution < 1.29 is 30.7 Å². The number of benzene rings is 1. The molecule has 148 valence electrons. The molecule has 0 spiro atoms. The van der Waals surface area contributed by atoms with E-state index in [4.69, 9.17) is 0 Å². The highest BCUT2D eigenvalue weighted by Gasteiger charge is 2.42. The van der Waals surface area contributed by atoms with Crippen molar-refractivity contribution in [3.8, 4) is 0 Å². The van der Waals surface area contributed by atoms with E-state index in [0.717, 1.165) is 0 Å². The number of unbranched alkanes of at least 4 members (excludes halogenated alkanes) is 1. The Bertz CT molecular complexity index is 604. The first-order valence-corrected chi connectivity index (χ1v) is 8.48. The fourth-order valence-corrected chi connectivity index (χ4v) is 3.26. The SMILES string of the molecule is CCCC[C@@H](c1c(F)cc(C(F)(F)F)cc1C(F)(F)F)N1CCNCC1. The Kier molecular flexibility index (Phi) is 6.55. The highest BCUT2D eigenvalue weighted by molar-refractivity contribution is 5.39. The monoisotopic (exact) mass is 386 g/mol. The zero-order valence-electron chi connectivity index (χ0n) is 14.3. The second-order valence-corrected chi connectivity index (χ2v) is 6.36. The number of nitrogens with zero attached hydrogens (tertiary/aromatic N) is 1. The van der Waals surface area contributed by atoms with Crippen molar-refractivity contribution in [3.05, 3.63) is 34.6 Å². The molecule has 1 N–H and O–H groups in total. The van der Waals surface area contributed by atoms with Gasteiger partial charge in [-0.25, -0.2) is 4.39 Å². The second-order valence-electron chi connectivity index (χ2n) is 6.36. The van der Waals surface area contributed by atoms with Gasteiger partial charge >= 0.3 is 12.4 Å². The summed E-state index contributed by atoms with van der Waals surface area (Å²) in [6.07, 6.45) is -8.64. The van der Waals surface area contributed by atoms with Crippen LogP contribution in [0.5, 0.6) is 0 Å². The van der Waals surface area contributed by atoms with Crippen LogP contribution in [-0.4, -0.2) is 31.1 Å². The third-order valence-electron chi connectivity index (χ3n) is 4.52. The summed E-state index contributed by atoms with van der Waals surface area (Å²) in [5.41, 5.74) is -3.84. The van der Waals surface area contributed by atoms with E-state index >= 15 is 0 Å². The minimum Gasteiger partial charge on any atom is -0.314 e. The summed E-state index contributed by atoms with van der Waals surface area (Å²) in [6.45, 7) is 3.74. The molecule has 1 atom stereocenters. The van der Waals surface area contributed by atoms with Gasteiger partial charge in [0.15, 0.2) is 0 Å². The molecule has 0 aliphatic carbocycles. The average Bonchev–Trinajstić information content (AvgIpc) is 2.55. The smallest absolute Gasteiger partial charge is 0.314 e. The Hall–Kier alpha value is -1.35. The van der Waals surface area contributed by atoms with Gasteiger partial charge in [0.25, 0.3) is 0 Å². The van der Waals surface area contributed by atoms with Crippen LogP contribution < -0.4 is 5.32 Å². The number of alkyl halides is 6. The van der Waals surface area contributed by atoms with Crippen molar-refractivity contribution >= 4 is 0 Å². The maximum Gasteiger partial charge on any atom is 0.416 e. The maximum atomic E-state index is 14.6. The van der Waals surface area contributed by atoms with Crippen LogP contribution in [0.25, 0.3) is 0 Å². The van der Waals surface area contributed by atoms with Gasteiger partial charge in [-0.2, -0.15) is 26.3 Å². The lowest BCUT2D eigenvalue weighted by molar-refractivity contribution is -0.144. The van der Waals surface area contributed by atoms with Crippen LogP contribution in [0.15, 0.2) is 12.1 Å². The summed E-state index contributed by atoms with van der Waals surface area (Å²) in [5.74, 6) is -1.45. The molecule has 26 heavy (non-hydrogen) atoms. The largest absolute Gasteiger partial charge is 0.416 e. The molecule has 0 aromatic heterocycles. The number of nitrogens with one attached hydrogen (secondary N) is 1. The lowest BCUT2D eigenvalue weighted by atomic mass is 9.91. The molecule has 0 bridgehead atoms. The first-order chi connectivity index (χ1) is 12.1. The third kappa shape index (κ3) is 4.88. The molecular weight excluding hydrogens is 365 g/mol. The molecule has 1 aliphatic rings. The highest BCUT2D eigenvalue weighted by Crippen LogP contribution is 2.43. The van der Waals surface area contributed by atoms with Crippen LogP contribution in [-0.2, 0) is 12.4 Å². The zero-order valence-corrected chi connectivity index (χ0v) is 14.3. The van der Waals surface area contributed by atoms with Crippen molar-refractivity contribution in [2.24, 2.45) is 0 Å². The highest BCUT2D eigenvalue weighted by atomic mass is 19.4. The van der Waals surface area contributed by atoms with Crippen LogP contribution in [0.4, 0.5) is 30.7 Å². The number of rotatable bonds is 5. The lowest BCUT2D eigenvalue weighted by Gasteiger charge is -2.36. The third-order valence-corrected chi connectivity index (χ3v) is 4.52. The number of hydrogen-bond acceptors (Lipinski definition) is 2. The van der Waals surface area contributed by atoms with Crippen LogP contribution >= 0.6 is 0 Å². The van der Waals surface area contributed by atoms with E-state index in [9.17, 15) is 30.7 Å². The fraction of sp³-hybridized carbons (Fsp3) is 0.647. The van der Waals surface area contributed by atoms with E-state index in [0.29, 0.717) is 39.0 Å². The van der Waals surface area contributed by atoms with Crippen molar-refractivity contribution in [1.82, 2.24) is 10.2 Å². The van der Waals surface area contributed by atoms with Crippen LogP contribution in [0.3, 0.4) is 0 Å². The molecule has 9 heteroatoms. The predicted molar refractivity (Wildman–Crippen MR) is 83.1 cm³/mol. The summed E-state index contributed by atoms with van der Waals surface area (Å²) >= 11 is 0. The summed E-state index contributed by atoms with van der Waals surface area (Å²) in [7, 11) is 0. The van der Waals surface area contributed by atoms with E-state index in [2.05, 4.69) is 5.32 Å². The molecule has 1 aromatic carbocycles. The fourth-order valence-electron chi connectivity index (χ4n) is 3.26.